The van der Waals surface area contributed by atoms with Crippen LogP contribution in [0.2, 0.25) is 0 Å². The van der Waals surface area contributed by atoms with E-state index in [1.807, 2.05) is 0 Å². The highest BCUT2D eigenvalue weighted by Crippen LogP contribution is 2.39. The molecule has 0 spiro atoms. The van der Waals surface area contributed by atoms with Gasteiger partial charge in [0.25, 0.3) is 0 Å². The van der Waals surface area contributed by atoms with Gasteiger partial charge in [0.2, 0.25) is 0 Å². The van der Waals surface area contributed by atoms with Gasteiger partial charge in [0.15, 0.2) is 0 Å². The van der Waals surface area contributed by atoms with Crippen LogP contribution in [0.5, 0.6) is 0 Å². The number of alkyl halides is 3. The first-order valence-electron chi connectivity index (χ1n) is 6.80. The second-order valence-electron chi connectivity index (χ2n) is 6.02. The molecule has 0 radical (unpaired) electrons. The van der Waals surface area contributed by atoms with Crippen LogP contribution < -0.4 is 5.32 Å². The fourth-order valence-corrected chi connectivity index (χ4v) is 2.35. The molecule has 0 amide bonds. The van der Waals surface area contributed by atoms with Gasteiger partial charge in [-0.15, -0.1) is 0 Å². The molecule has 0 heterocycles. The Morgan fingerprint density at radius 3 is 2.50 bits per heavy atom. The highest BCUT2D eigenvalue weighted by atomic mass is 19.4. The molecule has 1 aliphatic carbocycles. The van der Waals surface area contributed by atoms with Gasteiger partial charge in [0.1, 0.15) is 0 Å². The average molecular weight is 287 g/mol. The summed E-state index contributed by atoms with van der Waals surface area (Å²) in [6, 6.07) is 4.87. The molecule has 0 aliphatic heterocycles. The zero-order valence-electron chi connectivity index (χ0n) is 11.7. The van der Waals surface area contributed by atoms with Gasteiger partial charge in [-0.1, -0.05) is 12.1 Å². The van der Waals surface area contributed by atoms with Gasteiger partial charge in [-0.3, -0.25) is 0 Å². The Balaban J connectivity index is 2.00. The fourth-order valence-electron chi connectivity index (χ4n) is 2.35. The fraction of sp³-hybridized carbons (Fsp3) is 0.600. The lowest BCUT2D eigenvalue weighted by atomic mass is 9.97. The summed E-state index contributed by atoms with van der Waals surface area (Å²) in [6.45, 7) is 4.37. The summed E-state index contributed by atoms with van der Waals surface area (Å²) in [5.74, 6) is 0.594. The van der Waals surface area contributed by atoms with E-state index < -0.39 is 17.8 Å². The van der Waals surface area contributed by atoms with Crippen molar-refractivity contribution in [2.45, 2.75) is 44.5 Å². The van der Waals surface area contributed by atoms with Crippen LogP contribution in [0.25, 0.3) is 0 Å². The Hall–Kier alpha value is -1.07. The molecule has 1 aliphatic rings. The van der Waals surface area contributed by atoms with Crippen molar-refractivity contribution in [2.75, 3.05) is 6.54 Å². The Bertz CT molecular complexity index is 466. The van der Waals surface area contributed by atoms with E-state index in [0.717, 1.165) is 12.1 Å². The van der Waals surface area contributed by atoms with Crippen LogP contribution >= 0.6 is 0 Å². The smallest absolute Gasteiger partial charge is 0.387 e. The van der Waals surface area contributed by atoms with Crippen molar-refractivity contribution < 1.29 is 18.3 Å². The molecule has 1 unspecified atom stereocenters. The number of hydrogen-bond acceptors (Lipinski definition) is 2. The van der Waals surface area contributed by atoms with Crippen molar-refractivity contribution in [1.82, 2.24) is 5.32 Å². The standard InChI is InChI=1S/C15H20F3NO/c1-14(2,11-6-7-11)19-9-13(20)10-4-3-5-12(8-10)15(16,17)18/h3-5,8,11,13,19-20H,6-7,9H2,1-2H3. The summed E-state index contributed by atoms with van der Waals surface area (Å²) >= 11 is 0. The normalized spacial score (nSPS) is 18.1. The van der Waals surface area contributed by atoms with E-state index in [9.17, 15) is 18.3 Å². The number of hydrogen-bond donors (Lipinski definition) is 2. The van der Waals surface area contributed by atoms with E-state index in [-0.39, 0.29) is 12.1 Å². The maximum Gasteiger partial charge on any atom is 0.416 e. The molecule has 2 rings (SSSR count). The molecule has 1 atom stereocenters. The van der Waals surface area contributed by atoms with Crippen LogP contribution in [0.15, 0.2) is 24.3 Å². The van der Waals surface area contributed by atoms with Crippen LogP contribution in [-0.2, 0) is 6.18 Å². The topological polar surface area (TPSA) is 32.3 Å². The van der Waals surface area contributed by atoms with Crippen LogP contribution in [0.3, 0.4) is 0 Å². The molecular formula is C15H20F3NO. The quantitative estimate of drug-likeness (QED) is 0.868. The maximum atomic E-state index is 12.6. The molecule has 2 nitrogen and oxygen atoms in total. The predicted octanol–water partition coefficient (Wildman–Crippen LogP) is 3.52. The van der Waals surface area contributed by atoms with Crippen LogP contribution in [-0.4, -0.2) is 17.2 Å². The number of halogens is 3. The van der Waals surface area contributed by atoms with Gasteiger partial charge in [0.05, 0.1) is 11.7 Å². The number of benzene rings is 1. The molecule has 0 aromatic heterocycles. The summed E-state index contributed by atoms with van der Waals surface area (Å²) < 4.78 is 37.9. The van der Waals surface area contributed by atoms with E-state index in [2.05, 4.69) is 19.2 Å². The Labute approximate surface area is 117 Å². The lowest BCUT2D eigenvalue weighted by Gasteiger charge is -2.28. The molecule has 1 aromatic rings. The average Bonchev–Trinajstić information content (AvgIpc) is 3.20. The summed E-state index contributed by atoms with van der Waals surface area (Å²) in [4.78, 5) is 0. The summed E-state index contributed by atoms with van der Waals surface area (Å²) in [6.07, 6.45) is -2.98. The zero-order valence-corrected chi connectivity index (χ0v) is 11.7. The summed E-state index contributed by atoms with van der Waals surface area (Å²) in [7, 11) is 0. The predicted molar refractivity (Wildman–Crippen MR) is 71.2 cm³/mol. The lowest BCUT2D eigenvalue weighted by Crippen LogP contribution is -2.43. The third kappa shape index (κ3) is 3.73. The molecule has 20 heavy (non-hydrogen) atoms. The van der Waals surface area contributed by atoms with E-state index in [1.165, 1.54) is 25.0 Å². The van der Waals surface area contributed by atoms with Crippen LogP contribution in [0.1, 0.15) is 43.9 Å². The highest BCUT2D eigenvalue weighted by Gasteiger charge is 2.37. The van der Waals surface area contributed by atoms with Gasteiger partial charge < -0.3 is 10.4 Å². The second kappa shape index (κ2) is 5.37. The minimum atomic E-state index is -4.38. The monoisotopic (exact) mass is 287 g/mol. The highest BCUT2D eigenvalue weighted by molar-refractivity contribution is 5.27. The largest absolute Gasteiger partial charge is 0.416 e. The van der Waals surface area contributed by atoms with E-state index in [0.29, 0.717) is 11.5 Å². The molecule has 0 bridgehead atoms. The minimum absolute atomic E-state index is 0.0807. The number of aliphatic hydroxyl groups is 1. The van der Waals surface area contributed by atoms with E-state index >= 15 is 0 Å². The molecule has 1 fully saturated rings. The third-order valence-corrected chi connectivity index (χ3v) is 3.95. The van der Waals surface area contributed by atoms with E-state index in [4.69, 9.17) is 0 Å². The maximum absolute atomic E-state index is 12.6. The summed E-state index contributed by atoms with van der Waals surface area (Å²) in [5.41, 5.74) is -0.516. The van der Waals surface area contributed by atoms with Crippen molar-refractivity contribution in [1.29, 1.82) is 0 Å². The van der Waals surface area contributed by atoms with Crippen molar-refractivity contribution in [3.8, 4) is 0 Å². The Morgan fingerprint density at radius 1 is 1.30 bits per heavy atom. The van der Waals surface area contributed by atoms with E-state index in [1.54, 1.807) is 0 Å². The van der Waals surface area contributed by atoms with Gasteiger partial charge in [-0.25, -0.2) is 0 Å². The van der Waals surface area contributed by atoms with Crippen molar-refractivity contribution in [3.05, 3.63) is 35.4 Å². The molecule has 5 heteroatoms. The van der Waals surface area contributed by atoms with Crippen molar-refractivity contribution >= 4 is 0 Å². The van der Waals surface area contributed by atoms with Gasteiger partial charge >= 0.3 is 6.18 Å². The SMILES string of the molecule is CC(C)(NCC(O)c1cccc(C(F)(F)F)c1)C1CC1. The number of β-amino-alcohol motifs (C(OH)–C–C–N with tert-alkyl or cyclic N) is 1. The van der Waals surface area contributed by atoms with Crippen molar-refractivity contribution in [2.24, 2.45) is 5.92 Å². The van der Waals surface area contributed by atoms with Gasteiger partial charge in [-0.2, -0.15) is 13.2 Å². The van der Waals surface area contributed by atoms with Crippen molar-refractivity contribution in [3.63, 3.8) is 0 Å². The first kappa shape index (κ1) is 15.3. The first-order chi connectivity index (χ1) is 9.20. The lowest BCUT2D eigenvalue weighted by molar-refractivity contribution is -0.137. The molecule has 1 aromatic carbocycles. The number of nitrogens with one attached hydrogen (secondary N) is 1. The van der Waals surface area contributed by atoms with Crippen LogP contribution in [0.4, 0.5) is 13.2 Å². The van der Waals surface area contributed by atoms with Gasteiger partial charge in [0, 0.05) is 12.1 Å². The minimum Gasteiger partial charge on any atom is -0.387 e. The second-order valence-corrected chi connectivity index (χ2v) is 6.02. The molecular weight excluding hydrogens is 267 g/mol. The summed E-state index contributed by atoms with van der Waals surface area (Å²) in [5, 5.41) is 13.3. The van der Waals surface area contributed by atoms with Crippen LogP contribution in [0, 0.1) is 5.92 Å². The molecule has 2 N–H and O–H groups in total. The zero-order chi connectivity index (χ0) is 15.0. The molecule has 0 saturated heterocycles. The number of rotatable bonds is 5. The third-order valence-electron chi connectivity index (χ3n) is 3.95. The number of aliphatic hydroxyl groups excluding tert-OH is 1. The first-order valence-corrected chi connectivity index (χ1v) is 6.80. The molecule has 112 valence electrons. The van der Waals surface area contributed by atoms with Gasteiger partial charge in [-0.05, 0) is 50.3 Å². The molecule has 1 saturated carbocycles. The Kier molecular flexibility index (Phi) is 4.12. The Morgan fingerprint density at radius 2 is 1.95 bits per heavy atom.